The van der Waals surface area contributed by atoms with E-state index in [-0.39, 0.29) is 33.4 Å². The van der Waals surface area contributed by atoms with E-state index in [4.69, 9.17) is 40.5 Å². The van der Waals surface area contributed by atoms with Crippen molar-refractivity contribution in [2.75, 3.05) is 0 Å². The minimum Gasteiger partial charge on any atom is -0.478 e. The minimum absolute atomic E-state index is 0.176. The Kier molecular flexibility index (Phi) is 40.4. The maximum absolute atomic E-state index is 9.60. The maximum Gasteiger partial charge on any atom is 0.402 e. The van der Waals surface area contributed by atoms with Crippen LogP contribution in [0.3, 0.4) is 0 Å². The Bertz CT molecular complexity index is 710. The van der Waals surface area contributed by atoms with Crippen molar-refractivity contribution in [2.45, 2.75) is 41.5 Å². The molecule has 0 atom stereocenters. The highest BCUT2D eigenvalue weighted by atomic mass is 16.4. The first-order chi connectivity index (χ1) is 17.6. The summed E-state index contributed by atoms with van der Waals surface area (Å²) in [6.07, 6.45) is -1.33. The van der Waals surface area contributed by atoms with Gasteiger partial charge in [0.1, 0.15) is 0 Å². The van der Waals surface area contributed by atoms with Crippen LogP contribution in [0.4, 0.5) is 4.79 Å². The van der Waals surface area contributed by atoms with Gasteiger partial charge in [0.15, 0.2) is 0 Å². The zero-order chi connectivity index (χ0) is 34.5. The molecule has 9 N–H and O–H groups in total. The highest BCUT2D eigenvalue weighted by molar-refractivity contribution is 5.86. The molecule has 228 valence electrons. The molecule has 40 heavy (non-hydrogen) atoms. The van der Waals surface area contributed by atoms with E-state index in [0.29, 0.717) is 0 Å². The molecule has 0 aliphatic rings. The highest BCUT2D eigenvalue weighted by Gasteiger charge is 1.92. The Balaban J connectivity index is -0.0000000637. The summed E-state index contributed by atoms with van der Waals surface area (Å²) in [7, 11) is 0. The van der Waals surface area contributed by atoms with Crippen LogP contribution in [0.1, 0.15) is 41.5 Å². The summed E-state index contributed by atoms with van der Waals surface area (Å²) in [4.78, 5) is 66.4. The number of carboxylic acid groups (broad SMARTS) is 7. The summed E-state index contributed by atoms with van der Waals surface area (Å²) in [6.45, 7) is 27.6. The van der Waals surface area contributed by atoms with Crippen LogP contribution in [0.2, 0.25) is 0 Å². The number of carboxylic acids is 6. The fourth-order valence-electron chi connectivity index (χ4n) is 0. The van der Waals surface area contributed by atoms with Crippen molar-refractivity contribution in [1.82, 2.24) is 0 Å². The second kappa shape index (κ2) is 31.6. The predicted molar refractivity (Wildman–Crippen MR) is 147 cm³/mol. The molecule has 15 heteroatoms. The molecule has 0 fully saturated rings. The van der Waals surface area contributed by atoms with Crippen molar-refractivity contribution in [3.8, 4) is 0 Å². The molecule has 0 spiro atoms. The van der Waals surface area contributed by atoms with E-state index in [0.717, 1.165) is 0 Å². The van der Waals surface area contributed by atoms with Crippen LogP contribution in [0.25, 0.3) is 0 Å². The third kappa shape index (κ3) is 94.2. The van der Waals surface area contributed by atoms with E-state index in [1.807, 2.05) is 0 Å². The van der Waals surface area contributed by atoms with Crippen molar-refractivity contribution >= 4 is 41.9 Å². The summed E-state index contributed by atoms with van der Waals surface area (Å²) >= 11 is 0. The first kappa shape index (κ1) is 51.2. The Morgan fingerprint density at radius 1 is 0.350 bits per heavy atom. The fourth-order valence-corrected chi connectivity index (χ4v) is 0. The van der Waals surface area contributed by atoms with Gasteiger partial charge in [-0.05, 0) is 41.5 Å². The van der Waals surface area contributed by atoms with Gasteiger partial charge in [0.05, 0.1) is 0 Å². The van der Waals surface area contributed by atoms with Crippen molar-refractivity contribution < 1.29 is 69.3 Å². The van der Waals surface area contributed by atoms with Gasteiger partial charge in [0.25, 0.3) is 0 Å². The van der Waals surface area contributed by atoms with Gasteiger partial charge < -0.3 is 41.5 Å². The Morgan fingerprint density at radius 2 is 0.375 bits per heavy atom. The number of hydrogen-bond donors (Lipinski definition) is 8. The zero-order valence-corrected chi connectivity index (χ0v) is 23.3. The van der Waals surface area contributed by atoms with Gasteiger partial charge in [-0.3, -0.25) is 0 Å². The van der Waals surface area contributed by atoms with E-state index >= 15 is 0 Å². The number of primary amides is 1. The van der Waals surface area contributed by atoms with Crippen LogP contribution >= 0.6 is 0 Å². The molecule has 0 rings (SSSR count). The second-order valence-corrected chi connectivity index (χ2v) is 6.85. The van der Waals surface area contributed by atoms with Gasteiger partial charge in [-0.1, -0.05) is 39.5 Å². The molecular formula is C25H39NO14. The predicted octanol–water partition coefficient (Wildman–Crippen LogP) is 3.51. The average molecular weight is 578 g/mol. The third-order valence-corrected chi connectivity index (χ3v) is 2.19. The number of nitrogens with two attached hydrogens (primary N) is 1. The van der Waals surface area contributed by atoms with Crippen LogP contribution in [0, 0.1) is 0 Å². The number of rotatable bonds is 6. The highest BCUT2D eigenvalue weighted by Crippen LogP contribution is 1.83. The lowest BCUT2D eigenvalue weighted by atomic mass is 10.4. The third-order valence-electron chi connectivity index (χ3n) is 2.19. The molecule has 0 aromatic rings. The van der Waals surface area contributed by atoms with Crippen molar-refractivity contribution in [3.63, 3.8) is 0 Å². The van der Waals surface area contributed by atoms with Gasteiger partial charge in [0, 0.05) is 33.4 Å². The summed E-state index contributed by atoms with van der Waals surface area (Å²) in [5.74, 6) is -5.61. The van der Waals surface area contributed by atoms with Crippen LogP contribution in [0.5, 0.6) is 0 Å². The van der Waals surface area contributed by atoms with E-state index in [1.54, 1.807) is 0 Å². The molecule has 0 aromatic heterocycles. The molecule has 0 heterocycles. The Labute approximate surface area is 231 Å². The topological polar surface area (TPSA) is 287 Å². The molecular weight excluding hydrogens is 538 g/mol. The van der Waals surface area contributed by atoms with Gasteiger partial charge in [-0.25, -0.2) is 33.6 Å². The minimum atomic E-state index is -1.33. The largest absolute Gasteiger partial charge is 0.478 e. The molecule has 0 saturated carbocycles. The summed E-state index contributed by atoms with van der Waals surface area (Å²) in [5.41, 5.74) is 5.08. The molecule has 0 aliphatic carbocycles. The normalized spacial score (nSPS) is 7.35. The number of aliphatic carboxylic acids is 6. The maximum atomic E-state index is 9.60. The first-order valence-corrected chi connectivity index (χ1v) is 9.90. The fraction of sp³-hybridized carbons (Fsp3) is 0.240. The molecule has 0 aliphatic heterocycles. The quantitative estimate of drug-likeness (QED) is 0.210. The van der Waals surface area contributed by atoms with E-state index in [9.17, 15) is 28.8 Å². The lowest BCUT2D eigenvalue weighted by Crippen LogP contribution is -2.03. The summed E-state index contributed by atoms with van der Waals surface area (Å²) in [6, 6.07) is 0. The molecule has 0 aromatic carbocycles. The summed E-state index contributed by atoms with van der Waals surface area (Å²) < 4.78 is 0. The number of amides is 1. The molecule has 15 nitrogen and oxygen atoms in total. The second-order valence-electron chi connectivity index (χ2n) is 6.85. The van der Waals surface area contributed by atoms with Crippen LogP contribution in [-0.2, 0) is 28.8 Å². The number of carbonyl (C=O) groups is 7. The number of hydrogen-bond acceptors (Lipinski definition) is 7. The van der Waals surface area contributed by atoms with E-state index < -0.39 is 41.9 Å². The standard InChI is InChI=1S/6C4H6O2.CH3NO2/c6*1-3(2)4(5)6;2-1(3)4/h6*1H2,2H3,(H,5,6);2H2,(H,3,4). The van der Waals surface area contributed by atoms with Gasteiger partial charge in [-0.15, -0.1) is 0 Å². The van der Waals surface area contributed by atoms with Crippen LogP contribution < -0.4 is 5.73 Å². The van der Waals surface area contributed by atoms with E-state index in [1.165, 1.54) is 41.5 Å². The van der Waals surface area contributed by atoms with Crippen LogP contribution in [-0.4, -0.2) is 77.7 Å². The van der Waals surface area contributed by atoms with Crippen molar-refractivity contribution in [1.29, 1.82) is 0 Å². The average Bonchev–Trinajstić information content (AvgIpc) is 2.75. The van der Waals surface area contributed by atoms with Crippen molar-refractivity contribution in [3.05, 3.63) is 72.9 Å². The monoisotopic (exact) mass is 577 g/mol. The zero-order valence-electron chi connectivity index (χ0n) is 23.3. The lowest BCUT2D eigenvalue weighted by molar-refractivity contribution is -0.133. The molecule has 0 radical (unpaired) electrons. The smallest absolute Gasteiger partial charge is 0.402 e. The van der Waals surface area contributed by atoms with Gasteiger partial charge in [-0.2, -0.15) is 0 Å². The lowest BCUT2D eigenvalue weighted by Gasteiger charge is -1.79. The van der Waals surface area contributed by atoms with Crippen LogP contribution in [0.15, 0.2) is 72.9 Å². The van der Waals surface area contributed by atoms with Crippen molar-refractivity contribution in [2.24, 2.45) is 5.73 Å². The van der Waals surface area contributed by atoms with Gasteiger partial charge in [0.2, 0.25) is 0 Å². The SMILES string of the molecule is C=C(C)C(=O)O.C=C(C)C(=O)O.C=C(C)C(=O)O.C=C(C)C(=O)O.C=C(C)C(=O)O.C=C(C)C(=O)O.NC(=O)O. The summed E-state index contributed by atoms with van der Waals surface area (Å²) in [5, 5.41) is 54.5. The Hall–Kier alpha value is -5.47. The van der Waals surface area contributed by atoms with Gasteiger partial charge >= 0.3 is 41.9 Å². The first-order valence-electron chi connectivity index (χ1n) is 9.90. The Morgan fingerprint density at radius 3 is 0.375 bits per heavy atom. The molecule has 0 unspecified atom stereocenters. The molecule has 0 saturated heterocycles. The van der Waals surface area contributed by atoms with E-state index in [2.05, 4.69) is 45.2 Å². The molecule has 0 bridgehead atoms. The molecule has 1 amide bonds.